The number of nitrogens with zero attached hydrogens (tertiary/aromatic N) is 2. The standard InChI is InChI=1S/C9H15N3/c10-8-11-6-9(4-1-5-9)12(8)7-2-3-7/h7H,1-6H2,(H2,10,11). The highest BCUT2D eigenvalue weighted by atomic mass is 15.4. The summed E-state index contributed by atoms with van der Waals surface area (Å²) < 4.78 is 0. The van der Waals surface area contributed by atoms with Crippen molar-refractivity contribution in [1.29, 1.82) is 0 Å². The second-order valence-electron chi connectivity index (χ2n) is 4.35. The Morgan fingerprint density at radius 2 is 2.17 bits per heavy atom. The zero-order valence-electron chi connectivity index (χ0n) is 7.29. The Morgan fingerprint density at radius 3 is 2.67 bits per heavy atom. The molecular formula is C9H15N3. The van der Waals surface area contributed by atoms with Crippen molar-refractivity contribution in [3.05, 3.63) is 0 Å². The van der Waals surface area contributed by atoms with Crippen molar-refractivity contribution >= 4 is 5.96 Å². The zero-order chi connectivity index (χ0) is 8.18. The number of aliphatic imine (C=N–C) groups is 1. The van der Waals surface area contributed by atoms with Gasteiger partial charge in [-0.05, 0) is 32.1 Å². The van der Waals surface area contributed by atoms with Crippen molar-refractivity contribution in [3.63, 3.8) is 0 Å². The van der Waals surface area contributed by atoms with Gasteiger partial charge in [-0.2, -0.15) is 0 Å². The van der Waals surface area contributed by atoms with Crippen LogP contribution in [-0.2, 0) is 0 Å². The first-order valence-electron chi connectivity index (χ1n) is 4.91. The Labute approximate surface area is 72.6 Å². The minimum Gasteiger partial charge on any atom is -0.370 e. The number of rotatable bonds is 1. The smallest absolute Gasteiger partial charge is 0.192 e. The fourth-order valence-electron chi connectivity index (χ4n) is 2.51. The Morgan fingerprint density at radius 1 is 1.42 bits per heavy atom. The third kappa shape index (κ3) is 0.692. The van der Waals surface area contributed by atoms with Gasteiger partial charge in [0.05, 0.1) is 12.1 Å². The summed E-state index contributed by atoms with van der Waals surface area (Å²) in [5.74, 6) is 0.817. The van der Waals surface area contributed by atoms with Crippen LogP contribution in [0.2, 0.25) is 0 Å². The molecule has 12 heavy (non-hydrogen) atoms. The maximum Gasteiger partial charge on any atom is 0.192 e. The van der Waals surface area contributed by atoms with E-state index in [4.69, 9.17) is 5.73 Å². The Kier molecular flexibility index (Phi) is 1.10. The normalized spacial score (nSPS) is 32.0. The van der Waals surface area contributed by atoms with Crippen LogP contribution in [0.3, 0.4) is 0 Å². The molecule has 2 N–H and O–H groups in total. The fourth-order valence-corrected chi connectivity index (χ4v) is 2.51. The van der Waals surface area contributed by atoms with E-state index in [0.717, 1.165) is 18.5 Å². The van der Waals surface area contributed by atoms with Gasteiger partial charge in [0.1, 0.15) is 0 Å². The summed E-state index contributed by atoms with van der Waals surface area (Å²) >= 11 is 0. The first kappa shape index (κ1) is 6.75. The molecule has 1 spiro atoms. The van der Waals surface area contributed by atoms with Gasteiger partial charge in [-0.3, -0.25) is 4.99 Å². The van der Waals surface area contributed by atoms with Crippen molar-refractivity contribution in [2.45, 2.75) is 43.7 Å². The fraction of sp³-hybridized carbons (Fsp3) is 0.889. The van der Waals surface area contributed by atoms with E-state index >= 15 is 0 Å². The second-order valence-corrected chi connectivity index (χ2v) is 4.35. The first-order chi connectivity index (χ1) is 5.82. The summed E-state index contributed by atoms with van der Waals surface area (Å²) in [7, 11) is 0. The molecule has 2 saturated carbocycles. The Balaban J connectivity index is 1.87. The Bertz CT molecular complexity index is 238. The lowest BCUT2D eigenvalue weighted by Crippen LogP contribution is -2.56. The highest BCUT2D eigenvalue weighted by molar-refractivity contribution is 5.82. The van der Waals surface area contributed by atoms with E-state index in [1.807, 2.05) is 0 Å². The minimum absolute atomic E-state index is 0.394. The van der Waals surface area contributed by atoms with E-state index in [9.17, 15) is 0 Å². The van der Waals surface area contributed by atoms with Gasteiger partial charge in [0, 0.05) is 6.04 Å². The molecule has 0 atom stereocenters. The number of hydrogen-bond donors (Lipinski definition) is 1. The molecule has 2 fully saturated rings. The number of guanidine groups is 1. The van der Waals surface area contributed by atoms with Crippen LogP contribution >= 0.6 is 0 Å². The highest BCUT2D eigenvalue weighted by Gasteiger charge is 2.51. The average molecular weight is 165 g/mol. The van der Waals surface area contributed by atoms with Crippen LogP contribution in [0.5, 0.6) is 0 Å². The molecule has 0 unspecified atom stereocenters. The summed E-state index contributed by atoms with van der Waals surface area (Å²) in [5, 5.41) is 0. The monoisotopic (exact) mass is 165 g/mol. The van der Waals surface area contributed by atoms with Crippen LogP contribution in [0.15, 0.2) is 4.99 Å². The van der Waals surface area contributed by atoms with Crippen LogP contribution in [0.25, 0.3) is 0 Å². The molecule has 2 aliphatic carbocycles. The summed E-state index contributed by atoms with van der Waals surface area (Å²) in [4.78, 5) is 6.79. The highest BCUT2D eigenvalue weighted by Crippen LogP contribution is 2.46. The maximum atomic E-state index is 5.88. The minimum atomic E-state index is 0.394. The van der Waals surface area contributed by atoms with Gasteiger partial charge >= 0.3 is 0 Å². The van der Waals surface area contributed by atoms with Crippen molar-refractivity contribution in [2.75, 3.05) is 6.54 Å². The molecule has 0 aromatic rings. The molecule has 1 heterocycles. The molecule has 0 aromatic heterocycles. The summed E-state index contributed by atoms with van der Waals surface area (Å²) in [6.07, 6.45) is 6.66. The largest absolute Gasteiger partial charge is 0.370 e. The molecule has 1 aliphatic heterocycles. The molecular weight excluding hydrogens is 150 g/mol. The molecule has 3 nitrogen and oxygen atoms in total. The average Bonchev–Trinajstić information content (AvgIpc) is 2.73. The molecule has 0 amide bonds. The summed E-state index contributed by atoms with van der Waals surface area (Å²) in [5.41, 5.74) is 6.28. The molecule has 0 radical (unpaired) electrons. The van der Waals surface area contributed by atoms with Gasteiger partial charge in [-0.15, -0.1) is 0 Å². The van der Waals surface area contributed by atoms with Gasteiger partial charge in [0.15, 0.2) is 5.96 Å². The topological polar surface area (TPSA) is 41.6 Å². The molecule has 3 rings (SSSR count). The van der Waals surface area contributed by atoms with Crippen LogP contribution in [0.4, 0.5) is 0 Å². The van der Waals surface area contributed by atoms with E-state index in [1.165, 1.54) is 32.1 Å². The molecule has 0 bridgehead atoms. The molecule has 3 heteroatoms. The molecule has 66 valence electrons. The van der Waals surface area contributed by atoms with Gasteiger partial charge in [0.25, 0.3) is 0 Å². The van der Waals surface area contributed by atoms with Crippen molar-refractivity contribution < 1.29 is 0 Å². The lowest BCUT2D eigenvalue weighted by Gasteiger charge is -2.46. The van der Waals surface area contributed by atoms with Crippen LogP contribution < -0.4 is 5.73 Å². The van der Waals surface area contributed by atoms with E-state index < -0.39 is 0 Å². The van der Waals surface area contributed by atoms with Gasteiger partial charge in [-0.25, -0.2) is 0 Å². The summed E-state index contributed by atoms with van der Waals surface area (Å²) in [6.45, 7) is 0.968. The maximum absolute atomic E-state index is 5.88. The van der Waals surface area contributed by atoms with E-state index in [1.54, 1.807) is 0 Å². The van der Waals surface area contributed by atoms with Gasteiger partial charge in [0.2, 0.25) is 0 Å². The third-order valence-corrected chi connectivity index (χ3v) is 3.49. The quantitative estimate of drug-likeness (QED) is 0.621. The van der Waals surface area contributed by atoms with Gasteiger partial charge in [-0.1, -0.05) is 0 Å². The number of nitrogens with two attached hydrogens (primary N) is 1. The van der Waals surface area contributed by atoms with Crippen molar-refractivity contribution in [1.82, 2.24) is 4.90 Å². The van der Waals surface area contributed by atoms with Crippen LogP contribution in [-0.4, -0.2) is 29.0 Å². The zero-order valence-corrected chi connectivity index (χ0v) is 7.29. The van der Waals surface area contributed by atoms with Crippen LogP contribution in [0.1, 0.15) is 32.1 Å². The van der Waals surface area contributed by atoms with E-state index in [-0.39, 0.29) is 0 Å². The molecule has 0 aromatic carbocycles. The number of hydrogen-bond acceptors (Lipinski definition) is 3. The molecule has 0 saturated heterocycles. The van der Waals surface area contributed by atoms with Gasteiger partial charge < -0.3 is 10.6 Å². The predicted molar refractivity (Wildman–Crippen MR) is 47.9 cm³/mol. The predicted octanol–water partition coefficient (Wildman–Crippen LogP) is 0.702. The third-order valence-electron chi connectivity index (χ3n) is 3.49. The summed E-state index contributed by atoms with van der Waals surface area (Å²) in [6, 6.07) is 0.747. The van der Waals surface area contributed by atoms with E-state index in [2.05, 4.69) is 9.89 Å². The molecule has 3 aliphatic rings. The van der Waals surface area contributed by atoms with Crippen molar-refractivity contribution in [3.8, 4) is 0 Å². The van der Waals surface area contributed by atoms with Crippen LogP contribution in [0, 0.1) is 0 Å². The second kappa shape index (κ2) is 1.95. The van der Waals surface area contributed by atoms with Crippen molar-refractivity contribution in [2.24, 2.45) is 10.7 Å². The SMILES string of the molecule is NC1=NCC2(CCC2)N1C1CC1. The van der Waals surface area contributed by atoms with E-state index in [0.29, 0.717) is 5.54 Å². The lowest BCUT2D eigenvalue weighted by molar-refractivity contribution is 0.0951. The Hall–Kier alpha value is -0.730. The lowest BCUT2D eigenvalue weighted by atomic mass is 9.76. The first-order valence-corrected chi connectivity index (χ1v) is 4.91.